The lowest BCUT2D eigenvalue weighted by Gasteiger charge is -2.19. The van der Waals surface area contributed by atoms with Gasteiger partial charge in [0.2, 0.25) is 5.91 Å². The highest BCUT2D eigenvalue weighted by atomic mass is 32.2. The molecule has 0 N–H and O–H groups in total. The molecule has 31 heavy (non-hydrogen) atoms. The van der Waals surface area contributed by atoms with Gasteiger partial charge in [-0.05, 0) is 53.9 Å². The quantitative estimate of drug-likeness (QED) is 0.279. The van der Waals surface area contributed by atoms with Crippen LogP contribution in [0.1, 0.15) is 37.7 Å². The van der Waals surface area contributed by atoms with Gasteiger partial charge in [0.1, 0.15) is 5.76 Å². The molecule has 6 heteroatoms. The van der Waals surface area contributed by atoms with Crippen molar-refractivity contribution in [3.8, 4) is 0 Å². The Labute approximate surface area is 191 Å². The molecular weight excluding hydrogens is 424 g/mol. The molecule has 4 nitrogen and oxygen atoms in total. The molecule has 2 aromatic heterocycles. The van der Waals surface area contributed by atoms with Gasteiger partial charge in [-0.2, -0.15) is 0 Å². The molecule has 160 valence electrons. The number of nitrogens with zero attached hydrogens (tertiary/aromatic N) is 2. The summed E-state index contributed by atoms with van der Waals surface area (Å²) in [5, 5.41) is 1.24. The number of carbonyl (C=O) groups excluding carboxylic acids is 1. The minimum atomic E-state index is 0.00966. The van der Waals surface area contributed by atoms with Crippen LogP contribution < -0.4 is 4.90 Å². The monoisotopic (exact) mass is 450 g/mol. The first-order valence-electron chi connectivity index (χ1n) is 10.5. The van der Waals surface area contributed by atoms with Crippen molar-refractivity contribution in [2.45, 2.75) is 50.3 Å². The standard InChI is InChI=1S/C25H26N2O2S2/c1-4-18-9-12-22-23(14-18)31-25(26-22)27(16-20-6-5-13-29-20)24(28)15-19-7-10-21(11-8-19)30-17(2)3/h5-14,17H,4,15-16H2,1-3H3. The Morgan fingerprint density at radius 2 is 1.90 bits per heavy atom. The van der Waals surface area contributed by atoms with Crippen LogP contribution in [-0.4, -0.2) is 16.1 Å². The van der Waals surface area contributed by atoms with Crippen molar-refractivity contribution in [1.29, 1.82) is 0 Å². The number of hydrogen-bond donors (Lipinski definition) is 0. The van der Waals surface area contributed by atoms with Gasteiger partial charge in [-0.25, -0.2) is 4.98 Å². The Balaban J connectivity index is 1.59. The van der Waals surface area contributed by atoms with E-state index in [1.165, 1.54) is 10.5 Å². The Hall–Kier alpha value is -2.57. The molecular formula is C25H26N2O2S2. The summed E-state index contributed by atoms with van der Waals surface area (Å²) in [4.78, 5) is 21.1. The Bertz CT molecular complexity index is 1150. The van der Waals surface area contributed by atoms with E-state index in [0.29, 0.717) is 23.3 Å². The van der Waals surface area contributed by atoms with E-state index in [1.54, 1.807) is 22.5 Å². The fraction of sp³-hybridized carbons (Fsp3) is 0.280. The number of rotatable bonds is 8. The summed E-state index contributed by atoms with van der Waals surface area (Å²) in [6.45, 7) is 6.86. The second kappa shape index (κ2) is 9.71. The molecule has 0 saturated carbocycles. The first kappa shape index (κ1) is 21.7. The van der Waals surface area contributed by atoms with Crippen LogP contribution in [0, 0.1) is 0 Å². The number of hydrogen-bond acceptors (Lipinski definition) is 5. The van der Waals surface area contributed by atoms with E-state index >= 15 is 0 Å². The van der Waals surface area contributed by atoms with Crippen LogP contribution in [0.3, 0.4) is 0 Å². The molecule has 0 radical (unpaired) electrons. The number of carbonyl (C=O) groups is 1. The van der Waals surface area contributed by atoms with E-state index < -0.39 is 0 Å². The van der Waals surface area contributed by atoms with E-state index in [-0.39, 0.29) is 5.91 Å². The van der Waals surface area contributed by atoms with Gasteiger partial charge in [0.15, 0.2) is 5.13 Å². The third-order valence-corrected chi connectivity index (χ3v) is 6.98. The fourth-order valence-electron chi connectivity index (χ4n) is 3.34. The van der Waals surface area contributed by atoms with Crippen LogP contribution in [0.25, 0.3) is 10.2 Å². The Morgan fingerprint density at radius 1 is 1.13 bits per heavy atom. The number of thioether (sulfide) groups is 1. The topological polar surface area (TPSA) is 46.3 Å². The SMILES string of the molecule is CCc1ccc2nc(N(Cc3ccco3)C(=O)Cc3ccc(SC(C)C)cc3)sc2c1. The zero-order valence-electron chi connectivity index (χ0n) is 18.0. The fourth-order valence-corrected chi connectivity index (χ4v) is 5.22. The van der Waals surface area contributed by atoms with Crippen LogP contribution in [0.4, 0.5) is 5.13 Å². The number of amides is 1. The molecule has 1 amide bonds. The highest BCUT2D eigenvalue weighted by molar-refractivity contribution is 7.99. The summed E-state index contributed by atoms with van der Waals surface area (Å²) in [5.74, 6) is 0.751. The van der Waals surface area contributed by atoms with Gasteiger partial charge in [-0.15, -0.1) is 11.8 Å². The number of aryl methyl sites for hydroxylation is 1. The summed E-state index contributed by atoms with van der Waals surface area (Å²) in [6.07, 6.45) is 2.93. The van der Waals surface area contributed by atoms with Crippen LogP contribution in [0.5, 0.6) is 0 Å². The minimum absolute atomic E-state index is 0.00966. The maximum Gasteiger partial charge on any atom is 0.233 e. The average molecular weight is 451 g/mol. The van der Waals surface area contributed by atoms with Gasteiger partial charge in [0.25, 0.3) is 0 Å². The van der Waals surface area contributed by atoms with Gasteiger partial charge < -0.3 is 4.42 Å². The van der Waals surface area contributed by atoms with Crippen molar-refractivity contribution < 1.29 is 9.21 Å². The van der Waals surface area contributed by atoms with Crippen LogP contribution in [-0.2, 0) is 24.2 Å². The van der Waals surface area contributed by atoms with Gasteiger partial charge in [-0.3, -0.25) is 9.69 Å². The predicted molar refractivity (Wildman–Crippen MR) is 130 cm³/mol. The lowest BCUT2D eigenvalue weighted by Crippen LogP contribution is -2.31. The van der Waals surface area contributed by atoms with Gasteiger partial charge in [0, 0.05) is 10.1 Å². The summed E-state index contributed by atoms with van der Waals surface area (Å²) < 4.78 is 6.63. The molecule has 0 aliphatic heterocycles. The van der Waals surface area contributed by atoms with Crippen molar-refractivity contribution in [2.75, 3.05) is 4.90 Å². The molecule has 4 rings (SSSR count). The summed E-state index contributed by atoms with van der Waals surface area (Å²) >= 11 is 3.38. The van der Waals surface area contributed by atoms with E-state index in [1.807, 2.05) is 42.1 Å². The van der Waals surface area contributed by atoms with Crippen molar-refractivity contribution in [2.24, 2.45) is 0 Å². The third kappa shape index (κ3) is 5.38. The minimum Gasteiger partial charge on any atom is -0.467 e. The molecule has 0 bridgehead atoms. The summed E-state index contributed by atoms with van der Waals surface area (Å²) in [6, 6.07) is 18.3. The number of benzene rings is 2. The molecule has 0 aliphatic rings. The van der Waals surface area contributed by atoms with Crippen molar-refractivity contribution >= 4 is 44.4 Å². The van der Waals surface area contributed by atoms with Crippen LogP contribution in [0.15, 0.2) is 70.2 Å². The normalized spacial score (nSPS) is 11.4. The largest absolute Gasteiger partial charge is 0.467 e. The van der Waals surface area contributed by atoms with E-state index in [0.717, 1.165) is 28.0 Å². The maximum atomic E-state index is 13.3. The number of anilines is 1. The highest BCUT2D eigenvalue weighted by Crippen LogP contribution is 2.31. The zero-order chi connectivity index (χ0) is 21.8. The summed E-state index contributed by atoms with van der Waals surface area (Å²) in [5.41, 5.74) is 3.19. The molecule has 2 aromatic carbocycles. The Morgan fingerprint density at radius 3 is 2.58 bits per heavy atom. The third-order valence-electron chi connectivity index (χ3n) is 4.93. The number of fused-ring (bicyclic) bond motifs is 1. The average Bonchev–Trinajstić information content (AvgIpc) is 3.41. The van der Waals surface area contributed by atoms with Crippen LogP contribution in [0.2, 0.25) is 0 Å². The highest BCUT2D eigenvalue weighted by Gasteiger charge is 2.21. The van der Waals surface area contributed by atoms with Gasteiger partial charge in [0.05, 0.1) is 29.4 Å². The molecule has 2 heterocycles. The van der Waals surface area contributed by atoms with Crippen molar-refractivity contribution in [1.82, 2.24) is 4.98 Å². The van der Waals surface area contributed by atoms with E-state index in [9.17, 15) is 4.79 Å². The second-order valence-electron chi connectivity index (χ2n) is 7.70. The van der Waals surface area contributed by atoms with Crippen molar-refractivity contribution in [3.05, 3.63) is 77.7 Å². The maximum absolute atomic E-state index is 13.3. The number of thiazole rings is 1. The molecule has 0 atom stereocenters. The molecule has 0 saturated heterocycles. The van der Waals surface area contributed by atoms with E-state index in [2.05, 4.69) is 45.0 Å². The van der Waals surface area contributed by atoms with Crippen molar-refractivity contribution in [3.63, 3.8) is 0 Å². The molecule has 0 aliphatic carbocycles. The lowest BCUT2D eigenvalue weighted by atomic mass is 10.1. The van der Waals surface area contributed by atoms with Gasteiger partial charge >= 0.3 is 0 Å². The molecule has 0 fully saturated rings. The van der Waals surface area contributed by atoms with Crippen LogP contribution >= 0.6 is 23.1 Å². The lowest BCUT2D eigenvalue weighted by molar-refractivity contribution is -0.118. The first-order valence-corrected chi connectivity index (χ1v) is 12.2. The predicted octanol–water partition coefficient (Wildman–Crippen LogP) is 6.73. The smallest absolute Gasteiger partial charge is 0.233 e. The second-order valence-corrected chi connectivity index (χ2v) is 10.4. The zero-order valence-corrected chi connectivity index (χ0v) is 19.6. The van der Waals surface area contributed by atoms with E-state index in [4.69, 9.17) is 9.40 Å². The molecule has 0 unspecified atom stereocenters. The number of furan rings is 1. The summed E-state index contributed by atoms with van der Waals surface area (Å²) in [7, 11) is 0. The molecule has 0 spiro atoms. The first-order chi connectivity index (χ1) is 15.0. The van der Waals surface area contributed by atoms with Gasteiger partial charge in [-0.1, -0.05) is 50.3 Å². The Kier molecular flexibility index (Phi) is 6.78. The molecule has 4 aromatic rings. The number of aromatic nitrogens is 1.